The predicted molar refractivity (Wildman–Crippen MR) is 129 cm³/mol. The molecule has 2 heterocycles. The zero-order valence-corrected chi connectivity index (χ0v) is 20.5. The Morgan fingerprint density at radius 1 is 1.06 bits per heavy atom. The van der Waals surface area contributed by atoms with E-state index in [9.17, 15) is 14.4 Å². The molecule has 3 rings (SSSR count). The summed E-state index contributed by atoms with van der Waals surface area (Å²) in [5.41, 5.74) is 0.863. The van der Waals surface area contributed by atoms with Crippen LogP contribution in [0.1, 0.15) is 24.3 Å². The van der Waals surface area contributed by atoms with E-state index in [0.717, 1.165) is 29.5 Å². The second kappa shape index (κ2) is 12.2. The molecule has 1 fully saturated rings. The van der Waals surface area contributed by atoms with Gasteiger partial charge in [0.1, 0.15) is 6.04 Å². The van der Waals surface area contributed by atoms with Crippen molar-refractivity contribution in [2.75, 3.05) is 32.8 Å². The maximum absolute atomic E-state index is 12.6. The molecule has 9 heteroatoms. The van der Waals surface area contributed by atoms with Gasteiger partial charge in [-0.15, -0.1) is 11.3 Å². The van der Waals surface area contributed by atoms with Gasteiger partial charge in [-0.25, -0.2) is 4.79 Å². The predicted octanol–water partition coefficient (Wildman–Crippen LogP) is 2.97. The molecule has 2 amide bonds. The van der Waals surface area contributed by atoms with Crippen LogP contribution >= 0.6 is 22.9 Å². The summed E-state index contributed by atoms with van der Waals surface area (Å²) in [6, 6.07) is 12.4. The average molecular weight is 492 g/mol. The highest BCUT2D eigenvalue weighted by atomic mass is 35.5. The number of piperazine rings is 1. The molecule has 1 N–H and O–H groups in total. The minimum atomic E-state index is -0.802. The third-order valence-electron chi connectivity index (χ3n) is 5.52. The Kier molecular flexibility index (Phi) is 9.29. The molecule has 0 radical (unpaired) electrons. The highest BCUT2D eigenvalue weighted by molar-refractivity contribution is 7.16. The van der Waals surface area contributed by atoms with Crippen LogP contribution in [0.3, 0.4) is 0 Å². The van der Waals surface area contributed by atoms with Crippen molar-refractivity contribution in [1.82, 2.24) is 15.1 Å². The fraction of sp³-hybridized carbons (Fsp3) is 0.458. The third kappa shape index (κ3) is 7.84. The lowest BCUT2D eigenvalue weighted by atomic mass is 10.0. The van der Waals surface area contributed by atoms with E-state index in [4.69, 9.17) is 16.3 Å². The zero-order valence-electron chi connectivity index (χ0n) is 19.0. The van der Waals surface area contributed by atoms with E-state index in [2.05, 4.69) is 10.2 Å². The molecule has 1 atom stereocenters. The number of carbonyl (C=O) groups is 3. The Balaban J connectivity index is 1.42. The van der Waals surface area contributed by atoms with Crippen molar-refractivity contribution in [2.24, 2.45) is 5.92 Å². The number of rotatable bonds is 9. The number of ether oxygens (including phenoxy) is 1. The molecule has 0 saturated carbocycles. The largest absolute Gasteiger partial charge is 0.454 e. The van der Waals surface area contributed by atoms with Gasteiger partial charge in [0.15, 0.2) is 6.61 Å². The molecule has 1 aliphatic heterocycles. The van der Waals surface area contributed by atoms with E-state index < -0.39 is 12.0 Å². The van der Waals surface area contributed by atoms with E-state index in [1.807, 2.05) is 56.3 Å². The minimum absolute atomic E-state index is 0.165. The summed E-state index contributed by atoms with van der Waals surface area (Å²) in [7, 11) is 0. The second-order valence-electron chi connectivity index (χ2n) is 8.42. The van der Waals surface area contributed by atoms with Crippen LogP contribution in [0.25, 0.3) is 0 Å². The van der Waals surface area contributed by atoms with Crippen molar-refractivity contribution in [3.05, 3.63) is 57.2 Å². The van der Waals surface area contributed by atoms with Gasteiger partial charge in [-0.3, -0.25) is 14.5 Å². The van der Waals surface area contributed by atoms with E-state index in [1.54, 1.807) is 16.2 Å². The molecule has 1 aromatic carbocycles. The van der Waals surface area contributed by atoms with Crippen LogP contribution in [0, 0.1) is 5.92 Å². The highest BCUT2D eigenvalue weighted by Crippen LogP contribution is 2.23. The molecule has 1 aromatic heterocycles. The van der Waals surface area contributed by atoms with E-state index in [0.29, 0.717) is 13.1 Å². The van der Waals surface area contributed by atoms with Crippen LogP contribution in [0.2, 0.25) is 4.34 Å². The summed E-state index contributed by atoms with van der Waals surface area (Å²) in [4.78, 5) is 42.7. The number of nitrogens with zero attached hydrogens (tertiary/aromatic N) is 2. The smallest absolute Gasteiger partial charge is 0.329 e. The van der Waals surface area contributed by atoms with Crippen molar-refractivity contribution >= 4 is 40.7 Å². The van der Waals surface area contributed by atoms with Crippen LogP contribution < -0.4 is 5.32 Å². The number of halogens is 1. The summed E-state index contributed by atoms with van der Waals surface area (Å²) in [5.74, 6) is -1.23. The maximum atomic E-state index is 12.6. The number of hydrogen-bond acceptors (Lipinski definition) is 6. The van der Waals surface area contributed by atoms with Crippen molar-refractivity contribution in [1.29, 1.82) is 0 Å². The van der Waals surface area contributed by atoms with Crippen molar-refractivity contribution in [3.63, 3.8) is 0 Å². The summed E-state index contributed by atoms with van der Waals surface area (Å²) >= 11 is 7.56. The van der Waals surface area contributed by atoms with Gasteiger partial charge in [-0.2, -0.15) is 0 Å². The minimum Gasteiger partial charge on any atom is -0.454 e. The zero-order chi connectivity index (χ0) is 23.8. The quantitative estimate of drug-likeness (QED) is 0.545. The molecule has 2 aromatic rings. The van der Waals surface area contributed by atoms with Gasteiger partial charge in [-0.05, 0) is 23.6 Å². The normalized spacial score (nSPS) is 15.3. The van der Waals surface area contributed by atoms with E-state index >= 15 is 0 Å². The maximum Gasteiger partial charge on any atom is 0.329 e. The van der Waals surface area contributed by atoms with Crippen molar-refractivity contribution in [2.45, 2.75) is 32.9 Å². The molecule has 1 saturated heterocycles. The summed E-state index contributed by atoms with van der Waals surface area (Å²) < 4.78 is 6.06. The first kappa shape index (κ1) is 25.2. The first-order chi connectivity index (χ1) is 15.8. The highest BCUT2D eigenvalue weighted by Gasteiger charge is 2.28. The monoisotopic (exact) mass is 491 g/mol. The molecule has 0 unspecified atom stereocenters. The van der Waals surface area contributed by atoms with Gasteiger partial charge in [-0.1, -0.05) is 55.8 Å². The second-order valence-corrected chi connectivity index (χ2v) is 10.2. The topological polar surface area (TPSA) is 78.9 Å². The Bertz CT molecular complexity index is 942. The Morgan fingerprint density at radius 3 is 2.36 bits per heavy atom. The van der Waals surface area contributed by atoms with E-state index in [-0.39, 0.29) is 30.8 Å². The molecule has 0 bridgehead atoms. The van der Waals surface area contributed by atoms with Gasteiger partial charge in [0, 0.05) is 37.6 Å². The third-order valence-corrected chi connectivity index (χ3v) is 6.73. The Hall–Kier alpha value is -2.42. The van der Waals surface area contributed by atoms with Crippen LogP contribution in [0.5, 0.6) is 0 Å². The Morgan fingerprint density at radius 2 is 1.76 bits per heavy atom. The first-order valence-corrected chi connectivity index (χ1v) is 12.3. The molecule has 33 heavy (non-hydrogen) atoms. The lowest BCUT2D eigenvalue weighted by Gasteiger charge is -2.34. The van der Waals surface area contributed by atoms with Crippen LogP contribution in [0.15, 0.2) is 42.5 Å². The van der Waals surface area contributed by atoms with Gasteiger partial charge in [0.25, 0.3) is 5.91 Å². The van der Waals surface area contributed by atoms with Crippen LogP contribution in [0.4, 0.5) is 0 Å². The summed E-state index contributed by atoms with van der Waals surface area (Å²) in [6.45, 7) is 6.81. The molecule has 0 aliphatic carbocycles. The molecule has 1 aliphatic rings. The van der Waals surface area contributed by atoms with Crippen molar-refractivity contribution < 1.29 is 19.1 Å². The van der Waals surface area contributed by atoms with Gasteiger partial charge in [0.05, 0.1) is 10.8 Å². The number of esters is 1. The molecule has 178 valence electrons. The lowest BCUT2D eigenvalue weighted by Crippen LogP contribution is -2.50. The SMILES string of the molecule is CC(C)[C@H](NC(=O)Cc1ccccc1)C(=O)OCC(=O)N1CCN(Cc2ccc(Cl)s2)CC1. The molecular formula is C24H30ClN3O4S. The van der Waals surface area contributed by atoms with E-state index in [1.165, 1.54) is 4.88 Å². The fourth-order valence-corrected chi connectivity index (χ4v) is 4.76. The fourth-order valence-electron chi connectivity index (χ4n) is 3.63. The molecular weight excluding hydrogens is 462 g/mol. The van der Waals surface area contributed by atoms with Crippen LogP contribution in [-0.4, -0.2) is 66.4 Å². The number of amides is 2. The first-order valence-electron chi connectivity index (χ1n) is 11.1. The number of thiophene rings is 1. The lowest BCUT2D eigenvalue weighted by molar-refractivity contribution is -0.156. The van der Waals surface area contributed by atoms with Crippen molar-refractivity contribution in [3.8, 4) is 0 Å². The number of nitrogens with one attached hydrogen (secondary N) is 1. The molecule has 7 nitrogen and oxygen atoms in total. The van der Waals surface area contributed by atoms with Gasteiger partial charge in [0.2, 0.25) is 5.91 Å². The molecule has 0 spiro atoms. The summed E-state index contributed by atoms with van der Waals surface area (Å²) in [5, 5.41) is 2.75. The number of hydrogen-bond donors (Lipinski definition) is 1. The van der Waals surface area contributed by atoms with Gasteiger partial charge >= 0.3 is 5.97 Å². The number of benzene rings is 1. The van der Waals surface area contributed by atoms with Crippen LogP contribution in [-0.2, 0) is 32.1 Å². The summed E-state index contributed by atoms with van der Waals surface area (Å²) in [6.07, 6.45) is 0.179. The standard InChI is InChI=1S/C24H30ClN3O4S/c1-17(2)23(26-21(29)14-18-6-4-3-5-7-18)24(31)32-16-22(30)28-12-10-27(11-13-28)15-19-8-9-20(25)33-19/h3-9,17,23H,10-16H2,1-2H3,(H,26,29)/t23-/m0/s1. The van der Waals surface area contributed by atoms with Gasteiger partial charge < -0.3 is 15.0 Å². The Labute approximate surface area is 203 Å². The average Bonchev–Trinajstić information content (AvgIpc) is 3.21. The number of carbonyl (C=O) groups excluding carboxylic acids is 3.